The number of anilines is 2. The summed E-state index contributed by atoms with van der Waals surface area (Å²) in [5.74, 6) is 0.712. The molecule has 0 spiro atoms. The van der Waals surface area contributed by atoms with Crippen molar-refractivity contribution in [3.8, 4) is 0 Å². The van der Waals surface area contributed by atoms with Gasteiger partial charge in [-0.15, -0.1) is 0 Å². The van der Waals surface area contributed by atoms with Crippen LogP contribution in [0.3, 0.4) is 0 Å². The zero-order valence-electron chi connectivity index (χ0n) is 16.4. The van der Waals surface area contributed by atoms with E-state index in [2.05, 4.69) is 15.3 Å². The van der Waals surface area contributed by atoms with E-state index in [4.69, 9.17) is 0 Å². The number of nitrogens with zero attached hydrogens (tertiary/aromatic N) is 5. The number of rotatable bonds is 6. The van der Waals surface area contributed by atoms with E-state index in [1.54, 1.807) is 18.3 Å². The Bertz CT molecular complexity index is 869. The molecule has 1 N–H and O–H groups in total. The Balaban J connectivity index is 1.31. The summed E-state index contributed by atoms with van der Waals surface area (Å²) in [5.41, 5.74) is 0.765. The second-order valence-electron chi connectivity index (χ2n) is 7.66. The number of piperazine rings is 1. The van der Waals surface area contributed by atoms with Crippen LogP contribution in [0.2, 0.25) is 0 Å². The summed E-state index contributed by atoms with van der Waals surface area (Å²) in [6.07, 6.45) is 6.37. The van der Waals surface area contributed by atoms with Crippen LogP contribution in [0.25, 0.3) is 0 Å². The van der Waals surface area contributed by atoms with Crippen LogP contribution in [0, 0.1) is 10.1 Å². The molecule has 0 bridgehead atoms. The highest BCUT2D eigenvalue weighted by Crippen LogP contribution is 2.31. The maximum Gasteiger partial charge on any atom is 0.292 e. The van der Waals surface area contributed by atoms with Gasteiger partial charge in [0.2, 0.25) is 5.91 Å². The molecule has 1 saturated heterocycles. The number of nitro benzene ring substituents is 1. The SMILES string of the molecule is O=C(CN1CCN(c2ccccc2[N+](=O)[O-])CC1)Nc1ccnn1C1CCCC1. The minimum atomic E-state index is -0.345. The number of amides is 1. The molecular formula is C20H26N6O3. The molecule has 2 aromatic rings. The molecule has 1 aliphatic carbocycles. The smallest absolute Gasteiger partial charge is 0.292 e. The molecule has 0 unspecified atom stereocenters. The van der Waals surface area contributed by atoms with E-state index in [-0.39, 0.29) is 16.5 Å². The van der Waals surface area contributed by atoms with E-state index in [1.165, 1.54) is 18.9 Å². The molecular weight excluding hydrogens is 372 g/mol. The first-order valence-corrected chi connectivity index (χ1v) is 10.2. The van der Waals surface area contributed by atoms with Gasteiger partial charge in [0, 0.05) is 38.3 Å². The molecule has 1 aliphatic heterocycles. The van der Waals surface area contributed by atoms with Crippen molar-refractivity contribution in [1.29, 1.82) is 0 Å². The van der Waals surface area contributed by atoms with Crippen LogP contribution in [0.4, 0.5) is 17.2 Å². The molecule has 1 amide bonds. The third kappa shape index (κ3) is 4.40. The highest BCUT2D eigenvalue weighted by molar-refractivity contribution is 5.91. The fraction of sp³-hybridized carbons (Fsp3) is 0.500. The fourth-order valence-electron chi connectivity index (χ4n) is 4.27. The van der Waals surface area contributed by atoms with Gasteiger partial charge in [0.1, 0.15) is 11.5 Å². The van der Waals surface area contributed by atoms with Crippen LogP contribution in [-0.2, 0) is 4.79 Å². The second-order valence-corrected chi connectivity index (χ2v) is 7.66. The van der Waals surface area contributed by atoms with E-state index in [9.17, 15) is 14.9 Å². The topological polar surface area (TPSA) is 96.5 Å². The number of hydrogen-bond donors (Lipinski definition) is 1. The molecule has 0 atom stereocenters. The third-order valence-corrected chi connectivity index (χ3v) is 5.77. The molecule has 9 nitrogen and oxygen atoms in total. The van der Waals surface area contributed by atoms with E-state index in [0.717, 1.165) is 18.7 Å². The predicted molar refractivity (Wildman–Crippen MR) is 110 cm³/mol. The summed E-state index contributed by atoms with van der Waals surface area (Å²) in [6, 6.07) is 9.04. The van der Waals surface area contributed by atoms with Crippen LogP contribution in [0.5, 0.6) is 0 Å². The quantitative estimate of drug-likeness (QED) is 0.594. The van der Waals surface area contributed by atoms with Crippen LogP contribution in [0.15, 0.2) is 36.5 Å². The highest BCUT2D eigenvalue weighted by atomic mass is 16.6. The number of nitrogens with one attached hydrogen (secondary N) is 1. The van der Waals surface area contributed by atoms with Gasteiger partial charge in [0.15, 0.2) is 0 Å². The highest BCUT2D eigenvalue weighted by Gasteiger charge is 2.25. The van der Waals surface area contributed by atoms with Gasteiger partial charge >= 0.3 is 0 Å². The van der Waals surface area contributed by atoms with Gasteiger partial charge in [-0.1, -0.05) is 25.0 Å². The Labute approximate surface area is 169 Å². The first-order chi connectivity index (χ1) is 14.1. The number of hydrogen-bond acceptors (Lipinski definition) is 6. The lowest BCUT2D eigenvalue weighted by atomic mass is 10.2. The van der Waals surface area contributed by atoms with Crippen molar-refractivity contribution in [3.05, 3.63) is 46.6 Å². The molecule has 2 aliphatic rings. The first-order valence-electron chi connectivity index (χ1n) is 10.2. The number of para-hydroxylation sites is 2. The first kappa shape index (κ1) is 19.4. The van der Waals surface area contributed by atoms with Crippen molar-refractivity contribution in [3.63, 3.8) is 0 Å². The van der Waals surface area contributed by atoms with Gasteiger partial charge in [-0.25, -0.2) is 4.68 Å². The maximum atomic E-state index is 12.5. The van der Waals surface area contributed by atoms with Gasteiger partial charge in [-0.3, -0.25) is 19.8 Å². The van der Waals surface area contributed by atoms with E-state index < -0.39 is 0 Å². The lowest BCUT2D eigenvalue weighted by molar-refractivity contribution is -0.384. The number of carbonyl (C=O) groups excluding carboxylic acids is 1. The Hall–Kier alpha value is -2.94. The Kier molecular flexibility index (Phi) is 5.75. The van der Waals surface area contributed by atoms with Crippen molar-refractivity contribution in [2.45, 2.75) is 31.7 Å². The molecule has 2 fully saturated rings. The summed E-state index contributed by atoms with van der Waals surface area (Å²) in [4.78, 5) is 27.6. The van der Waals surface area contributed by atoms with Crippen LogP contribution in [0.1, 0.15) is 31.7 Å². The molecule has 2 heterocycles. The summed E-state index contributed by atoms with van der Waals surface area (Å²) in [7, 11) is 0. The van der Waals surface area contributed by atoms with Gasteiger partial charge in [0.25, 0.3) is 5.69 Å². The molecule has 1 saturated carbocycles. The minimum absolute atomic E-state index is 0.0520. The lowest BCUT2D eigenvalue weighted by Crippen LogP contribution is -2.48. The van der Waals surface area contributed by atoms with Crippen molar-refractivity contribution in [2.24, 2.45) is 0 Å². The molecule has 9 heteroatoms. The summed E-state index contributed by atoms with van der Waals surface area (Å²) < 4.78 is 1.94. The Morgan fingerprint density at radius 1 is 1.14 bits per heavy atom. The fourth-order valence-corrected chi connectivity index (χ4v) is 4.27. The maximum absolute atomic E-state index is 12.5. The number of benzene rings is 1. The number of nitro groups is 1. The monoisotopic (exact) mass is 398 g/mol. The second kappa shape index (κ2) is 8.60. The van der Waals surface area contributed by atoms with Crippen LogP contribution in [-0.4, -0.2) is 58.2 Å². The zero-order valence-corrected chi connectivity index (χ0v) is 16.4. The van der Waals surface area contributed by atoms with E-state index in [0.29, 0.717) is 44.5 Å². The summed E-state index contributed by atoms with van der Waals surface area (Å²) in [5, 5.41) is 18.6. The molecule has 29 heavy (non-hydrogen) atoms. The summed E-state index contributed by atoms with van der Waals surface area (Å²) in [6.45, 7) is 2.97. The van der Waals surface area contributed by atoms with Gasteiger partial charge < -0.3 is 10.2 Å². The van der Waals surface area contributed by atoms with Crippen molar-refractivity contribution in [2.75, 3.05) is 42.9 Å². The van der Waals surface area contributed by atoms with E-state index in [1.807, 2.05) is 21.7 Å². The van der Waals surface area contributed by atoms with Gasteiger partial charge in [-0.05, 0) is 18.9 Å². The zero-order chi connectivity index (χ0) is 20.2. The van der Waals surface area contributed by atoms with Gasteiger partial charge in [0.05, 0.1) is 23.7 Å². The molecule has 1 aromatic carbocycles. The molecule has 0 radical (unpaired) electrons. The average molecular weight is 398 g/mol. The van der Waals surface area contributed by atoms with E-state index >= 15 is 0 Å². The molecule has 154 valence electrons. The Morgan fingerprint density at radius 2 is 1.86 bits per heavy atom. The number of aromatic nitrogens is 2. The van der Waals surface area contributed by atoms with Crippen LogP contribution >= 0.6 is 0 Å². The standard InChI is InChI=1S/C20H26N6O3/c27-20(22-19-9-10-21-25(19)16-5-1-2-6-16)15-23-11-13-24(14-12-23)17-7-3-4-8-18(17)26(28)29/h3-4,7-10,16H,1-2,5-6,11-15H2,(H,22,27). The summed E-state index contributed by atoms with van der Waals surface area (Å²) >= 11 is 0. The van der Waals surface area contributed by atoms with Gasteiger partial charge in [-0.2, -0.15) is 5.10 Å². The molecule has 1 aromatic heterocycles. The van der Waals surface area contributed by atoms with Crippen molar-refractivity contribution < 1.29 is 9.72 Å². The van der Waals surface area contributed by atoms with Crippen molar-refractivity contribution in [1.82, 2.24) is 14.7 Å². The lowest BCUT2D eigenvalue weighted by Gasteiger charge is -2.35. The van der Waals surface area contributed by atoms with Crippen LogP contribution < -0.4 is 10.2 Å². The molecule has 4 rings (SSSR count). The minimum Gasteiger partial charge on any atom is -0.363 e. The normalized spacial score (nSPS) is 18.1. The number of carbonyl (C=O) groups is 1. The Morgan fingerprint density at radius 3 is 2.59 bits per heavy atom. The third-order valence-electron chi connectivity index (χ3n) is 5.77. The largest absolute Gasteiger partial charge is 0.363 e. The van der Waals surface area contributed by atoms with Crippen molar-refractivity contribution >= 4 is 23.1 Å². The average Bonchev–Trinajstić information content (AvgIpc) is 3.40. The predicted octanol–water partition coefficient (Wildman–Crippen LogP) is 2.67.